The Labute approximate surface area is 151 Å². The fourth-order valence-electron chi connectivity index (χ4n) is 3.05. The number of aliphatic hydroxyl groups is 1. The molecule has 1 saturated heterocycles. The fraction of sp³-hybridized carbons (Fsp3) is 0.250. The second-order valence-electron chi connectivity index (χ2n) is 6.14. The van der Waals surface area contributed by atoms with E-state index in [4.69, 9.17) is 4.74 Å². The van der Waals surface area contributed by atoms with Crippen LogP contribution in [0.3, 0.4) is 0 Å². The molecule has 2 aromatic rings. The molecule has 6 heteroatoms. The van der Waals surface area contributed by atoms with Crippen LogP contribution in [0.15, 0.2) is 54.4 Å². The number of amides is 1. The van der Waals surface area contributed by atoms with E-state index in [1.807, 2.05) is 19.1 Å². The van der Waals surface area contributed by atoms with Crippen LogP contribution in [0.5, 0.6) is 0 Å². The number of ether oxygens (including phenoxy) is 1. The molecule has 0 saturated carbocycles. The first kappa shape index (κ1) is 17.8. The number of aliphatic hydroxyl groups excluding tert-OH is 1. The molecular formula is C20H20N2O4. The van der Waals surface area contributed by atoms with Gasteiger partial charge in [-0.15, -0.1) is 0 Å². The molecule has 1 aliphatic heterocycles. The highest BCUT2D eigenvalue weighted by Crippen LogP contribution is 2.38. The number of carbonyl (C=O) groups is 2. The number of aromatic nitrogens is 1. The van der Waals surface area contributed by atoms with Gasteiger partial charge in [-0.2, -0.15) is 0 Å². The van der Waals surface area contributed by atoms with Gasteiger partial charge in [0.1, 0.15) is 5.76 Å². The number of methoxy groups -OCH3 is 1. The lowest BCUT2D eigenvalue weighted by Gasteiger charge is -2.24. The van der Waals surface area contributed by atoms with Crippen LogP contribution in [-0.4, -0.2) is 46.9 Å². The summed E-state index contributed by atoms with van der Waals surface area (Å²) in [5.41, 5.74) is 2.26. The molecule has 0 spiro atoms. The van der Waals surface area contributed by atoms with Gasteiger partial charge in [0, 0.05) is 31.6 Å². The van der Waals surface area contributed by atoms with Crippen LogP contribution < -0.4 is 0 Å². The van der Waals surface area contributed by atoms with Crippen LogP contribution in [0.4, 0.5) is 0 Å². The van der Waals surface area contributed by atoms with Gasteiger partial charge in [0.05, 0.1) is 18.2 Å². The Balaban J connectivity index is 2.14. The lowest BCUT2D eigenvalue weighted by molar-refractivity contribution is -0.140. The Morgan fingerprint density at radius 1 is 1.23 bits per heavy atom. The monoisotopic (exact) mass is 352 g/mol. The van der Waals surface area contributed by atoms with E-state index in [0.717, 1.165) is 5.56 Å². The topological polar surface area (TPSA) is 79.7 Å². The summed E-state index contributed by atoms with van der Waals surface area (Å²) in [6, 6.07) is 9.97. The molecule has 1 aromatic carbocycles. The van der Waals surface area contributed by atoms with Crippen molar-refractivity contribution in [3.63, 3.8) is 0 Å². The predicted molar refractivity (Wildman–Crippen MR) is 96.3 cm³/mol. The molecule has 3 rings (SSSR count). The van der Waals surface area contributed by atoms with Crippen molar-refractivity contribution in [3.05, 3.63) is 71.1 Å². The number of hydrogen-bond donors (Lipinski definition) is 1. The number of nitrogens with zero attached hydrogens (tertiary/aromatic N) is 2. The molecule has 134 valence electrons. The van der Waals surface area contributed by atoms with Crippen LogP contribution in [-0.2, 0) is 14.3 Å². The highest BCUT2D eigenvalue weighted by Gasteiger charge is 2.45. The van der Waals surface area contributed by atoms with Gasteiger partial charge in [0.15, 0.2) is 0 Å². The molecular weight excluding hydrogens is 332 g/mol. The summed E-state index contributed by atoms with van der Waals surface area (Å²) >= 11 is 0. The molecule has 0 aliphatic carbocycles. The Kier molecular flexibility index (Phi) is 5.14. The molecule has 0 unspecified atom stereocenters. The van der Waals surface area contributed by atoms with E-state index in [1.54, 1.807) is 36.7 Å². The third-order valence-electron chi connectivity index (χ3n) is 4.40. The van der Waals surface area contributed by atoms with Crippen molar-refractivity contribution in [1.29, 1.82) is 0 Å². The molecule has 1 aliphatic rings. The van der Waals surface area contributed by atoms with E-state index in [9.17, 15) is 14.7 Å². The van der Waals surface area contributed by atoms with Crippen molar-refractivity contribution in [1.82, 2.24) is 9.88 Å². The minimum Gasteiger partial charge on any atom is -0.507 e. The molecule has 1 atom stereocenters. The van der Waals surface area contributed by atoms with E-state index in [-0.39, 0.29) is 24.5 Å². The van der Waals surface area contributed by atoms with Crippen LogP contribution in [0.2, 0.25) is 0 Å². The molecule has 26 heavy (non-hydrogen) atoms. The van der Waals surface area contributed by atoms with Gasteiger partial charge in [-0.05, 0) is 18.6 Å². The fourth-order valence-corrected chi connectivity index (χ4v) is 3.05. The number of hydrogen-bond acceptors (Lipinski definition) is 5. The molecule has 6 nitrogen and oxygen atoms in total. The highest BCUT2D eigenvalue weighted by molar-refractivity contribution is 6.46. The molecule has 0 radical (unpaired) electrons. The van der Waals surface area contributed by atoms with Crippen molar-refractivity contribution in [2.24, 2.45) is 0 Å². The molecule has 2 heterocycles. The number of carbonyl (C=O) groups excluding carboxylic acids is 2. The van der Waals surface area contributed by atoms with Crippen molar-refractivity contribution in [3.8, 4) is 0 Å². The van der Waals surface area contributed by atoms with Gasteiger partial charge in [0.25, 0.3) is 11.7 Å². The van der Waals surface area contributed by atoms with Crippen LogP contribution in [0, 0.1) is 6.92 Å². The summed E-state index contributed by atoms with van der Waals surface area (Å²) in [6.45, 7) is 2.46. The zero-order chi connectivity index (χ0) is 18.7. The zero-order valence-corrected chi connectivity index (χ0v) is 14.7. The number of aryl methyl sites for hydroxylation is 1. The molecule has 1 N–H and O–H groups in total. The summed E-state index contributed by atoms with van der Waals surface area (Å²) in [6.07, 6.45) is 3.21. The van der Waals surface area contributed by atoms with Crippen molar-refractivity contribution in [2.75, 3.05) is 20.3 Å². The lowest BCUT2D eigenvalue weighted by atomic mass is 9.96. The molecule has 1 amide bonds. The molecule has 1 fully saturated rings. The second-order valence-corrected chi connectivity index (χ2v) is 6.14. The van der Waals surface area contributed by atoms with Crippen molar-refractivity contribution < 1.29 is 19.4 Å². The first-order valence-electron chi connectivity index (χ1n) is 8.29. The van der Waals surface area contributed by atoms with E-state index in [2.05, 4.69) is 4.98 Å². The van der Waals surface area contributed by atoms with Crippen LogP contribution in [0.25, 0.3) is 5.76 Å². The van der Waals surface area contributed by atoms with Crippen LogP contribution in [0.1, 0.15) is 22.7 Å². The lowest BCUT2D eigenvalue weighted by Crippen LogP contribution is -2.32. The Hall–Kier alpha value is -2.99. The first-order valence-corrected chi connectivity index (χ1v) is 8.29. The Morgan fingerprint density at radius 3 is 2.58 bits per heavy atom. The van der Waals surface area contributed by atoms with Gasteiger partial charge >= 0.3 is 0 Å². The predicted octanol–water partition coefficient (Wildman–Crippen LogP) is 2.46. The summed E-state index contributed by atoms with van der Waals surface area (Å²) in [7, 11) is 1.53. The minimum absolute atomic E-state index is 0.0722. The van der Waals surface area contributed by atoms with Gasteiger partial charge in [-0.3, -0.25) is 14.6 Å². The Morgan fingerprint density at radius 2 is 1.96 bits per heavy atom. The molecule has 0 bridgehead atoms. The SMILES string of the molecule is COCCN1C(=O)C(=O)C(=C(O)c2ccc(C)cc2)[C@@H]1c1cccnc1. The minimum atomic E-state index is -0.701. The smallest absolute Gasteiger partial charge is 0.295 e. The highest BCUT2D eigenvalue weighted by atomic mass is 16.5. The molecule has 1 aromatic heterocycles. The van der Waals surface area contributed by atoms with Crippen molar-refractivity contribution in [2.45, 2.75) is 13.0 Å². The van der Waals surface area contributed by atoms with E-state index in [1.165, 1.54) is 12.0 Å². The standard InChI is InChI=1S/C20H20N2O4/c1-13-5-7-14(8-6-13)18(23)16-17(15-4-3-9-21-12-15)22(10-11-26-2)20(25)19(16)24/h3-9,12,17,23H,10-11H2,1-2H3/t17-/m0/s1. The largest absolute Gasteiger partial charge is 0.507 e. The number of benzene rings is 1. The third kappa shape index (κ3) is 3.23. The average molecular weight is 352 g/mol. The number of Topliss-reactive ketones (excluding diaryl/α,β-unsaturated/α-hetero) is 1. The maximum Gasteiger partial charge on any atom is 0.295 e. The van der Waals surface area contributed by atoms with Gasteiger partial charge in [-0.1, -0.05) is 35.9 Å². The van der Waals surface area contributed by atoms with Gasteiger partial charge in [-0.25, -0.2) is 0 Å². The summed E-state index contributed by atoms with van der Waals surface area (Å²) in [5.74, 6) is -1.53. The van der Waals surface area contributed by atoms with Gasteiger partial charge < -0.3 is 14.7 Å². The second kappa shape index (κ2) is 7.49. The van der Waals surface area contributed by atoms with E-state index >= 15 is 0 Å². The summed E-state index contributed by atoms with van der Waals surface area (Å²) in [4.78, 5) is 30.7. The normalized spacial score (nSPS) is 19.2. The van der Waals surface area contributed by atoms with Gasteiger partial charge in [0.2, 0.25) is 0 Å². The third-order valence-corrected chi connectivity index (χ3v) is 4.40. The van der Waals surface area contributed by atoms with Crippen LogP contribution >= 0.6 is 0 Å². The first-order chi connectivity index (χ1) is 12.5. The quantitative estimate of drug-likeness (QED) is 0.508. The number of pyridine rings is 1. The van der Waals surface area contributed by atoms with Crippen molar-refractivity contribution >= 4 is 17.4 Å². The zero-order valence-electron chi connectivity index (χ0n) is 14.7. The average Bonchev–Trinajstić information content (AvgIpc) is 2.91. The Bertz CT molecular complexity index is 844. The maximum absolute atomic E-state index is 12.7. The maximum atomic E-state index is 12.7. The van der Waals surface area contributed by atoms with E-state index in [0.29, 0.717) is 11.1 Å². The summed E-state index contributed by atoms with van der Waals surface area (Å²) < 4.78 is 5.07. The number of rotatable bonds is 5. The number of ketones is 1. The van der Waals surface area contributed by atoms with E-state index < -0.39 is 17.7 Å². The number of likely N-dealkylation sites (tertiary alicyclic amines) is 1. The summed E-state index contributed by atoms with van der Waals surface area (Å²) in [5, 5.41) is 10.8.